The van der Waals surface area contributed by atoms with Crippen LogP contribution in [0.25, 0.3) is 11.1 Å². The minimum absolute atomic E-state index is 0.595. The lowest BCUT2D eigenvalue weighted by Crippen LogP contribution is -1.91. The van der Waals surface area contributed by atoms with E-state index >= 15 is 0 Å². The zero-order chi connectivity index (χ0) is 13.3. The topological polar surface area (TPSA) is 0 Å². The summed E-state index contributed by atoms with van der Waals surface area (Å²) in [7, 11) is 0. The van der Waals surface area contributed by atoms with Gasteiger partial charge in [-0.15, -0.1) is 0 Å². The first-order valence-corrected chi connectivity index (χ1v) is 6.67. The lowest BCUT2D eigenvalue weighted by atomic mass is 9.93. The molecule has 0 saturated heterocycles. The van der Waals surface area contributed by atoms with E-state index in [9.17, 15) is 0 Å². The van der Waals surface area contributed by atoms with E-state index in [1.54, 1.807) is 0 Å². The molecular weight excluding hydrogens is 216 g/mol. The molecule has 0 spiro atoms. The molecule has 0 nitrogen and oxygen atoms in total. The van der Waals surface area contributed by atoms with Gasteiger partial charge in [0.2, 0.25) is 0 Å². The summed E-state index contributed by atoms with van der Waals surface area (Å²) in [6.45, 7) is 11.0. The second-order valence-electron chi connectivity index (χ2n) is 5.53. The van der Waals surface area contributed by atoms with Gasteiger partial charge in [-0.3, -0.25) is 0 Å². The van der Waals surface area contributed by atoms with Crippen molar-refractivity contribution < 1.29 is 0 Å². The number of aryl methyl sites for hydroxylation is 3. The molecule has 2 aromatic rings. The monoisotopic (exact) mass is 238 g/mol. The number of hydrogen-bond donors (Lipinski definition) is 0. The molecule has 0 radical (unpaired) electrons. The number of hydrogen-bond acceptors (Lipinski definition) is 0. The zero-order valence-corrected chi connectivity index (χ0v) is 12.0. The van der Waals surface area contributed by atoms with Crippen molar-refractivity contribution in [1.82, 2.24) is 0 Å². The van der Waals surface area contributed by atoms with Gasteiger partial charge in [0.25, 0.3) is 0 Å². The average Bonchev–Trinajstić information content (AvgIpc) is 2.32. The van der Waals surface area contributed by atoms with Gasteiger partial charge in [0.05, 0.1) is 0 Å². The summed E-state index contributed by atoms with van der Waals surface area (Å²) in [4.78, 5) is 0. The summed E-state index contributed by atoms with van der Waals surface area (Å²) in [5, 5.41) is 0. The van der Waals surface area contributed by atoms with E-state index in [4.69, 9.17) is 0 Å². The molecule has 0 atom stereocenters. The molecule has 0 aromatic heterocycles. The zero-order valence-electron chi connectivity index (χ0n) is 12.0. The van der Waals surface area contributed by atoms with Crippen molar-refractivity contribution in [3.8, 4) is 11.1 Å². The quantitative estimate of drug-likeness (QED) is 0.657. The molecule has 0 aliphatic heterocycles. The first-order chi connectivity index (χ1) is 8.49. The molecule has 0 aliphatic rings. The van der Waals surface area contributed by atoms with E-state index in [0.29, 0.717) is 5.92 Å². The third-order valence-corrected chi connectivity index (χ3v) is 3.74. The van der Waals surface area contributed by atoms with Gasteiger partial charge in [-0.1, -0.05) is 50.2 Å². The van der Waals surface area contributed by atoms with Crippen molar-refractivity contribution in [1.29, 1.82) is 0 Å². The Morgan fingerprint density at radius 1 is 0.722 bits per heavy atom. The standard InChI is InChI=1S/C18H22/c1-12(2)16-8-9-18(15(5)11-16)17-7-6-13(3)14(4)10-17/h6-12H,1-5H3. The fourth-order valence-corrected chi connectivity index (χ4v) is 2.28. The van der Waals surface area contributed by atoms with Crippen LogP contribution in [0.2, 0.25) is 0 Å². The van der Waals surface area contributed by atoms with E-state index in [2.05, 4.69) is 71.0 Å². The van der Waals surface area contributed by atoms with Crippen LogP contribution >= 0.6 is 0 Å². The first-order valence-electron chi connectivity index (χ1n) is 6.67. The SMILES string of the molecule is Cc1ccc(-c2ccc(C(C)C)cc2C)cc1C. The Bertz CT molecular complexity index is 562. The van der Waals surface area contributed by atoms with Crippen LogP contribution in [-0.2, 0) is 0 Å². The van der Waals surface area contributed by atoms with E-state index in [-0.39, 0.29) is 0 Å². The third-order valence-electron chi connectivity index (χ3n) is 3.74. The molecule has 18 heavy (non-hydrogen) atoms. The van der Waals surface area contributed by atoms with Crippen molar-refractivity contribution in [3.05, 3.63) is 58.7 Å². The fourth-order valence-electron chi connectivity index (χ4n) is 2.28. The molecule has 0 bridgehead atoms. The lowest BCUT2D eigenvalue weighted by molar-refractivity contribution is 0.865. The average molecular weight is 238 g/mol. The van der Waals surface area contributed by atoms with Crippen LogP contribution in [0.4, 0.5) is 0 Å². The van der Waals surface area contributed by atoms with E-state index in [1.165, 1.54) is 33.4 Å². The summed E-state index contributed by atoms with van der Waals surface area (Å²) in [6.07, 6.45) is 0. The number of rotatable bonds is 2. The highest BCUT2D eigenvalue weighted by Gasteiger charge is 2.06. The molecule has 0 amide bonds. The van der Waals surface area contributed by atoms with Crippen LogP contribution < -0.4 is 0 Å². The van der Waals surface area contributed by atoms with Crippen LogP contribution in [-0.4, -0.2) is 0 Å². The molecule has 0 fully saturated rings. The molecule has 0 N–H and O–H groups in total. The highest BCUT2D eigenvalue weighted by atomic mass is 14.1. The molecule has 0 heterocycles. The third kappa shape index (κ3) is 2.48. The molecule has 2 aromatic carbocycles. The van der Waals surface area contributed by atoms with Gasteiger partial charge in [-0.25, -0.2) is 0 Å². The Morgan fingerprint density at radius 2 is 1.44 bits per heavy atom. The largest absolute Gasteiger partial charge is 0.0587 e. The Balaban J connectivity index is 2.47. The normalized spacial score (nSPS) is 11.0. The van der Waals surface area contributed by atoms with E-state index in [0.717, 1.165) is 0 Å². The summed E-state index contributed by atoms with van der Waals surface area (Å²) in [6, 6.07) is 13.5. The van der Waals surface area contributed by atoms with Crippen molar-refractivity contribution >= 4 is 0 Å². The molecule has 0 unspecified atom stereocenters. The summed E-state index contributed by atoms with van der Waals surface area (Å²) < 4.78 is 0. The van der Waals surface area contributed by atoms with Crippen LogP contribution in [0.1, 0.15) is 42.0 Å². The highest BCUT2D eigenvalue weighted by molar-refractivity contribution is 5.68. The maximum atomic E-state index is 2.31. The van der Waals surface area contributed by atoms with Gasteiger partial charge >= 0.3 is 0 Å². The van der Waals surface area contributed by atoms with Crippen LogP contribution in [0.3, 0.4) is 0 Å². The van der Waals surface area contributed by atoms with Crippen LogP contribution in [0.5, 0.6) is 0 Å². The van der Waals surface area contributed by atoms with Crippen LogP contribution in [0, 0.1) is 20.8 Å². The predicted octanol–water partition coefficient (Wildman–Crippen LogP) is 5.40. The summed E-state index contributed by atoms with van der Waals surface area (Å²) in [5.41, 5.74) is 8.17. The van der Waals surface area contributed by atoms with Gasteiger partial charge < -0.3 is 0 Å². The maximum Gasteiger partial charge on any atom is -0.0154 e. The molecule has 94 valence electrons. The molecule has 0 saturated carbocycles. The predicted molar refractivity (Wildman–Crippen MR) is 80.2 cm³/mol. The smallest absolute Gasteiger partial charge is 0.0154 e. The van der Waals surface area contributed by atoms with Crippen molar-refractivity contribution in [2.24, 2.45) is 0 Å². The van der Waals surface area contributed by atoms with Gasteiger partial charge in [0.1, 0.15) is 0 Å². The molecule has 2 rings (SSSR count). The second kappa shape index (κ2) is 4.97. The van der Waals surface area contributed by atoms with Gasteiger partial charge in [0, 0.05) is 0 Å². The van der Waals surface area contributed by atoms with E-state index < -0.39 is 0 Å². The second-order valence-corrected chi connectivity index (χ2v) is 5.53. The lowest BCUT2D eigenvalue weighted by Gasteiger charge is -2.12. The summed E-state index contributed by atoms with van der Waals surface area (Å²) in [5.74, 6) is 0.595. The Hall–Kier alpha value is -1.56. The maximum absolute atomic E-state index is 2.31. The Kier molecular flexibility index (Phi) is 3.56. The van der Waals surface area contributed by atoms with Crippen LogP contribution in [0.15, 0.2) is 36.4 Å². The highest BCUT2D eigenvalue weighted by Crippen LogP contribution is 2.28. The fraction of sp³-hybridized carbons (Fsp3) is 0.333. The molecule has 0 heteroatoms. The molecule has 0 aliphatic carbocycles. The molecular formula is C18H22. The van der Waals surface area contributed by atoms with Gasteiger partial charge in [-0.2, -0.15) is 0 Å². The minimum atomic E-state index is 0.595. The first kappa shape index (κ1) is 12.9. The van der Waals surface area contributed by atoms with Crippen molar-refractivity contribution in [3.63, 3.8) is 0 Å². The number of benzene rings is 2. The van der Waals surface area contributed by atoms with Gasteiger partial charge in [-0.05, 0) is 60.1 Å². The Labute approximate surface area is 111 Å². The Morgan fingerprint density at radius 3 is 2.00 bits per heavy atom. The summed E-state index contributed by atoms with van der Waals surface area (Å²) >= 11 is 0. The van der Waals surface area contributed by atoms with E-state index in [1.807, 2.05) is 0 Å². The van der Waals surface area contributed by atoms with Crippen molar-refractivity contribution in [2.45, 2.75) is 40.5 Å². The minimum Gasteiger partial charge on any atom is -0.0587 e. The van der Waals surface area contributed by atoms with Gasteiger partial charge in [0.15, 0.2) is 0 Å². The van der Waals surface area contributed by atoms with Crippen molar-refractivity contribution in [2.75, 3.05) is 0 Å².